The highest BCUT2D eigenvalue weighted by molar-refractivity contribution is 6.15. The molecule has 0 unspecified atom stereocenters. The summed E-state index contributed by atoms with van der Waals surface area (Å²) in [6, 6.07) is 21.2. The minimum Gasteiger partial charge on any atom is -0.341 e. The molecule has 0 saturated heterocycles. The molecule has 1 aromatic heterocycles. The number of aryl methyl sites for hydroxylation is 1. The van der Waals surface area contributed by atoms with Crippen molar-refractivity contribution >= 4 is 39.3 Å². The van der Waals surface area contributed by atoms with E-state index in [1.54, 1.807) is 6.92 Å². The van der Waals surface area contributed by atoms with Gasteiger partial charge in [0.1, 0.15) is 0 Å². The highest BCUT2D eigenvalue weighted by Gasteiger charge is 2.15. The smallest absolute Gasteiger partial charge is 0.331 e. The standard InChI is InChI=1S/C25H22N2O3/c1-4-27-23-12-10-19(16(2)26-30-17(3)28)14-21(23)22-15-20(11-13-24(22)27)25(29)18-8-6-5-7-9-18/h5-15H,4H2,1-3H3/b26-16+. The molecule has 0 saturated carbocycles. The summed E-state index contributed by atoms with van der Waals surface area (Å²) >= 11 is 0. The Morgan fingerprint density at radius 3 is 2.03 bits per heavy atom. The van der Waals surface area contributed by atoms with Crippen molar-refractivity contribution in [3.8, 4) is 0 Å². The summed E-state index contributed by atoms with van der Waals surface area (Å²) in [6.45, 7) is 6.03. The fraction of sp³-hybridized carbons (Fsp3) is 0.160. The molecular weight excluding hydrogens is 376 g/mol. The van der Waals surface area contributed by atoms with Crippen LogP contribution in [0.2, 0.25) is 0 Å². The number of fused-ring (bicyclic) bond motifs is 3. The monoisotopic (exact) mass is 398 g/mol. The lowest BCUT2D eigenvalue weighted by Gasteiger charge is -2.04. The zero-order valence-corrected chi connectivity index (χ0v) is 17.2. The van der Waals surface area contributed by atoms with Gasteiger partial charge >= 0.3 is 5.97 Å². The fourth-order valence-electron chi connectivity index (χ4n) is 3.75. The number of carbonyl (C=O) groups is 2. The molecule has 0 aliphatic heterocycles. The SMILES string of the molecule is CCn1c2ccc(C(=O)c3ccccc3)cc2c2cc(/C(C)=N/OC(C)=O)ccc21. The van der Waals surface area contributed by atoms with Crippen LogP contribution in [0.1, 0.15) is 42.3 Å². The highest BCUT2D eigenvalue weighted by atomic mass is 16.7. The molecule has 0 amide bonds. The van der Waals surface area contributed by atoms with Gasteiger partial charge in [0.15, 0.2) is 5.78 Å². The first-order chi connectivity index (χ1) is 14.5. The molecule has 0 N–H and O–H groups in total. The summed E-state index contributed by atoms with van der Waals surface area (Å²) in [5.74, 6) is -0.458. The zero-order chi connectivity index (χ0) is 21.3. The van der Waals surface area contributed by atoms with Crippen LogP contribution in [0.15, 0.2) is 71.9 Å². The second kappa shape index (κ2) is 7.95. The third-order valence-electron chi connectivity index (χ3n) is 5.21. The van der Waals surface area contributed by atoms with Crippen molar-refractivity contribution in [2.24, 2.45) is 5.16 Å². The molecule has 0 bridgehead atoms. The van der Waals surface area contributed by atoms with Gasteiger partial charge in [-0.25, -0.2) is 4.79 Å². The number of hydrogen-bond donors (Lipinski definition) is 0. The van der Waals surface area contributed by atoms with Gasteiger partial charge in [-0.15, -0.1) is 0 Å². The van der Waals surface area contributed by atoms with E-state index < -0.39 is 5.97 Å². The summed E-state index contributed by atoms with van der Waals surface area (Å²) in [6.07, 6.45) is 0. The summed E-state index contributed by atoms with van der Waals surface area (Å²) in [5.41, 5.74) is 4.95. The summed E-state index contributed by atoms with van der Waals surface area (Å²) in [4.78, 5) is 28.8. The molecule has 0 aliphatic carbocycles. The molecular formula is C25H22N2O3. The second-order valence-electron chi connectivity index (χ2n) is 7.16. The van der Waals surface area contributed by atoms with Gasteiger partial charge in [0.2, 0.25) is 0 Å². The van der Waals surface area contributed by atoms with E-state index in [2.05, 4.69) is 16.6 Å². The molecule has 0 fully saturated rings. The maximum atomic E-state index is 13.0. The van der Waals surface area contributed by atoms with Crippen LogP contribution in [-0.2, 0) is 16.2 Å². The molecule has 4 rings (SSSR count). The number of nitrogens with zero attached hydrogens (tertiary/aromatic N) is 2. The topological polar surface area (TPSA) is 60.7 Å². The molecule has 5 nitrogen and oxygen atoms in total. The first-order valence-electron chi connectivity index (χ1n) is 9.88. The van der Waals surface area contributed by atoms with E-state index in [9.17, 15) is 9.59 Å². The Bertz CT molecular complexity index is 1300. The van der Waals surface area contributed by atoms with Gasteiger partial charge in [0.05, 0.1) is 5.71 Å². The first kappa shape index (κ1) is 19.6. The molecule has 0 atom stereocenters. The number of rotatable bonds is 5. The molecule has 0 spiro atoms. The molecule has 30 heavy (non-hydrogen) atoms. The third kappa shape index (κ3) is 3.50. The van der Waals surface area contributed by atoms with Gasteiger partial charge in [-0.3, -0.25) is 4.79 Å². The number of oxime groups is 1. The Morgan fingerprint density at radius 2 is 1.43 bits per heavy atom. The van der Waals surface area contributed by atoms with E-state index in [0.717, 1.165) is 33.9 Å². The fourth-order valence-corrected chi connectivity index (χ4v) is 3.75. The van der Waals surface area contributed by atoms with Gasteiger partial charge < -0.3 is 9.40 Å². The van der Waals surface area contributed by atoms with Crippen LogP contribution in [-0.4, -0.2) is 22.0 Å². The molecule has 3 aromatic carbocycles. The van der Waals surface area contributed by atoms with Gasteiger partial charge in [0.25, 0.3) is 0 Å². The van der Waals surface area contributed by atoms with Crippen LogP contribution in [0, 0.1) is 0 Å². The van der Waals surface area contributed by atoms with Gasteiger partial charge in [-0.2, -0.15) is 0 Å². The number of ketones is 1. The van der Waals surface area contributed by atoms with Gasteiger partial charge in [-0.05, 0) is 49.7 Å². The summed E-state index contributed by atoms with van der Waals surface area (Å²) < 4.78 is 2.23. The Balaban J connectivity index is 1.88. The lowest BCUT2D eigenvalue weighted by molar-refractivity contribution is -0.140. The largest absolute Gasteiger partial charge is 0.341 e. The Labute approximate surface area is 174 Å². The van der Waals surface area contributed by atoms with Gasteiger partial charge in [-0.1, -0.05) is 41.6 Å². The first-order valence-corrected chi connectivity index (χ1v) is 9.88. The van der Waals surface area contributed by atoms with Crippen LogP contribution < -0.4 is 0 Å². The highest BCUT2D eigenvalue weighted by Crippen LogP contribution is 2.31. The second-order valence-corrected chi connectivity index (χ2v) is 7.16. The Morgan fingerprint density at radius 1 is 0.833 bits per heavy atom. The number of benzene rings is 3. The van der Waals surface area contributed by atoms with E-state index in [1.165, 1.54) is 6.92 Å². The molecule has 0 radical (unpaired) electrons. The molecule has 0 aliphatic rings. The van der Waals surface area contributed by atoms with Crippen molar-refractivity contribution in [1.82, 2.24) is 4.57 Å². The average Bonchev–Trinajstić information content (AvgIpc) is 3.09. The lowest BCUT2D eigenvalue weighted by Crippen LogP contribution is -2.01. The van der Waals surface area contributed by atoms with E-state index in [-0.39, 0.29) is 5.78 Å². The van der Waals surface area contributed by atoms with Crippen molar-refractivity contribution in [2.45, 2.75) is 27.3 Å². The maximum Gasteiger partial charge on any atom is 0.331 e. The van der Waals surface area contributed by atoms with Crippen LogP contribution in [0.4, 0.5) is 0 Å². The predicted molar refractivity (Wildman–Crippen MR) is 119 cm³/mol. The van der Waals surface area contributed by atoms with Crippen molar-refractivity contribution in [1.29, 1.82) is 0 Å². The number of carbonyl (C=O) groups excluding carboxylic acids is 2. The number of aromatic nitrogens is 1. The minimum absolute atomic E-state index is 0.00125. The average molecular weight is 398 g/mol. The number of hydrogen-bond acceptors (Lipinski definition) is 4. The normalized spacial score (nSPS) is 11.8. The molecule has 4 aromatic rings. The van der Waals surface area contributed by atoms with Gasteiger partial charge in [0, 0.05) is 46.4 Å². The van der Waals surface area contributed by atoms with Crippen LogP contribution in [0.3, 0.4) is 0 Å². The Kier molecular flexibility index (Phi) is 5.19. The maximum absolute atomic E-state index is 13.0. The summed E-state index contributed by atoms with van der Waals surface area (Å²) in [5, 5.41) is 5.94. The molecule has 1 heterocycles. The van der Waals surface area contributed by atoms with Crippen molar-refractivity contribution in [3.63, 3.8) is 0 Å². The Hall–Kier alpha value is -3.73. The van der Waals surface area contributed by atoms with Crippen molar-refractivity contribution in [3.05, 3.63) is 83.4 Å². The zero-order valence-electron chi connectivity index (χ0n) is 17.2. The lowest BCUT2D eigenvalue weighted by atomic mass is 10.0. The molecule has 5 heteroatoms. The van der Waals surface area contributed by atoms with E-state index >= 15 is 0 Å². The van der Waals surface area contributed by atoms with Crippen molar-refractivity contribution in [2.75, 3.05) is 0 Å². The van der Waals surface area contributed by atoms with E-state index in [1.807, 2.05) is 66.7 Å². The molecule has 150 valence electrons. The van der Waals surface area contributed by atoms with Crippen molar-refractivity contribution < 1.29 is 14.4 Å². The van der Waals surface area contributed by atoms with E-state index in [4.69, 9.17) is 4.84 Å². The van der Waals surface area contributed by atoms with Crippen LogP contribution in [0.25, 0.3) is 21.8 Å². The minimum atomic E-state index is -0.456. The predicted octanol–water partition coefficient (Wildman–Crippen LogP) is 5.33. The summed E-state index contributed by atoms with van der Waals surface area (Å²) in [7, 11) is 0. The quantitative estimate of drug-likeness (QED) is 0.197. The third-order valence-corrected chi connectivity index (χ3v) is 5.21. The van der Waals surface area contributed by atoms with Crippen LogP contribution >= 0.6 is 0 Å². The van der Waals surface area contributed by atoms with Crippen LogP contribution in [0.5, 0.6) is 0 Å². The van der Waals surface area contributed by atoms with E-state index in [0.29, 0.717) is 16.8 Å².